The van der Waals surface area contributed by atoms with Crippen molar-refractivity contribution >= 4 is 0 Å². The summed E-state index contributed by atoms with van der Waals surface area (Å²) >= 11 is 0. The highest BCUT2D eigenvalue weighted by atomic mass is 16.6. The maximum absolute atomic E-state index is 5.90. The first kappa shape index (κ1) is 14.0. The van der Waals surface area contributed by atoms with Crippen molar-refractivity contribution in [3.8, 4) is 0 Å². The minimum Gasteiger partial charge on any atom is -0.373 e. The average molecular weight is 228 g/mol. The van der Waals surface area contributed by atoms with Crippen LogP contribution in [0, 0.1) is 0 Å². The monoisotopic (exact) mass is 228 g/mol. The molecule has 1 aliphatic rings. The van der Waals surface area contributed by atoms with Crippen molar-refractivity contribution in [2.75, 3.05) is 6.61 Å². The Bertz CT molecular complexity index is 170. The van der Waals surface area contributed by atoms with Crippen LogP contribution in [0.3, 0.4) is 0 Å². The Morgan fingerprint density at radius 3 is 2.31 bits per heavy atom. The third-order valence-corrected chi connectivity index (χ3v) is 3.49. The van der Waals surface area contributed by atoms with Crippen LogP contribution in [0.25, 0.3) is 0 Å². The topological polar surface area (TPSA) is 18.5 Å². The van der Waals surface area contributed by atoms with Crippen LogP contribution in [-0.4, -0.2) is 24.9 Å². The molecular weight excluding hydrogens is 200 g/mol. The first-order valence-corrected chi connectivity index (χ1v) is 7.01. The fourth-order valence-corrected chi connectivity index (χ4v) is 2.15. The molecule has 0 aliphatic carbocycles. The molecule has 1 aliphatic heterocycles. The van der Waals surface area contributed by atoms with Gasteiger partial charge in [-0.05, 0) is 20.3 Å². The molecule has 1 rings (SSSR count). The maximum Gasteiger partial charge on any atom is 0.0813 e. The van der Waals surface area contributed by atoms with E-state index in [1.165, 1.54) is 44.9 Å². The first-order chi connectivity index (χ1) is 7.74. The molecule has 0 amide bonds. The van der Waals surface area contributed by atoms with Crippen LogP contribution < -0.4 is 0 Å². The molecule has 0 saturated carbocycles. The standard InChI is InChI=1S/C14H28O2/c1-4-5-6-7-8-9-10-14-11-15-12(2)13(3)16-14/h12-14H,4-11H2,1-3H3. The molecule has 0 aromatic heterocycles. The van der Waals surface area contributed by atoms with Crippen LogP contribution in [0.4, 0.5) is 0 Å². The number of hydrogen-bond donors (Lipinski definition) is 0. The van der Waals surface area contributed by atoms with Crippen molar-refractivity contribution in [3.05, 3.63) is 0 Å². The predicted octanol–water partition coefficient (Wildman–Crippen LogP) is 3.93. The highest BCUT2D eigenvalue weighted by molar-refractivity contribution is 4.71. The number of hydrogen-bond acceptors (Lipinski definition) is 2. The minimum absolute atomic E-state index is 0.263. The summed E-state index contributed by atoms with van der Waals surface area (Å²) in [6, 6.07) is 0. The van der Waals surface area contributed by atoms with Gasteiger partial charge in [-0.15, -0.1) is 0 Å². The van der Waals surface area contributed by atoms with Gasteiger partial charge >= 0.3 is 0 Å². The lowest BCUT2D eigenvalue weighted by molar-refractivity contribution is -0.169. The Balaban J connectivity index is 1.97. The highest BCUT2D eigenvalue weighted by Gasteiger charge is 2.24. The van der Waals surface area contributed by atoms with E-state index < -0.39 is 0 Å². The Morgan fingerprint density at radius 2 is 1.62 bits per heavy atom. The maximum atomic E-state index is 5.90. The molecule has 1 heterocycles. The van der Waals surface area contributed by atoms with Crippen LogP contribution in [0.5, 0.6) is 0 Å². The molecule has 3 atom stereocenters. The molecule has 0 spiro atoms. The summed E-state index contributed by atoms with van der Waals surface area (Å²) in [7, 11) is 0. The lowest BCUT2D eigenvalue weighted by Gasteiger charge is -2.33. The molecule has 0 radical (unpaired) electrons. The summed E-state index contributed by atoms with van der Waals surface area (Å²) < 4.78 is 11.6. The van der Waals surface area contributed by atoms with E-state index in [2.05, 4.69) is 20.8 Å². The van der Waals surface area contributed by atoms with Gasteiger partial charge in [-0.25, -0.2) is 0 Å². The van der Waals surface area contributed by atoms with Crippen molar-refractivity contribution in [2.24, 2.45) is 0 Å². The van der Waals surface area contributed by atoms with Gasteiger partial charge in [0.25, 0.3) is 0 Å². The number of unbranched alkanes of at least 4 members (excludes halogenated alkanes) is 5. The van der Waals surface area contributed by atoms with Crippen LogP contribution in [-0.2, 0) is 9.47 Å². The molecule has 3 unspecified atom stereocenters. The Morgan fingerprint density at radius 1 is 0.938 bits per heavy atom. The van der Waals surface area contributed by atoms with Gasteiger partial charge in [0.05, 0.1) is 24.9 Å². The second-order valence-corrected chi connectivity index (χ2v) is 5.06. The van der Waals surface area contributed by atoms with E-state index in [1.807, 2.05) is 0 Å². The summed E-state index contributed by atoms with van der Waals surface area (Å²) in [6.45, 7) is 7.25. The van der Waals surface area contributed by atoms with Crippen LogP contribution in [0.1, 0.15) is 65.7 Å². The van der Waals surface area contributed by atoms with Gasteiger partial charge in [-0.1, -0.05) is 45.4 Å². The van der Waals surface area contributed by atoms with Crippen LogP contribution in [0.2, 0.25) is 0 Å². The van der Waals surface area contributed by atoms with E-state index in [0.717, 1.165) is 6.61 Å². The molecule has 0 aromatic rings. The largest absolute Gasteiger partial charge is 0.373 e. The Kier molecular flexibility index (Phi) is 7.06. The first-order valence-electron chi connectivity index (χ1n) is 7.01. The average Bonchev–Trinajstić information content (AvgIpc) is 2.28. The zero-order chi connectivity index (χ0) is 11.8. The summed E-state index contributed by atoms with van der Waals surface area (Å²) in [5.41, 5.74) is 0. The van der Waals surface area contributed by atoms with Gasteiger partial charge < -0.3 is 9.47 Å². The summed E-state index contributed by atoms with van der Waals surface area (Å²) in [5, 5.41) is 0. The van der Waals surface area contributed by atoms with Gasteiger partial charge in [0.2, 0.25) is 0 Å². The molecule has 2 nitrogen and oxygen atoms in total. The fraction of sp³-hybridized carbons (Fsp3) is 1.00. The van der Waals surface area contributed by atoms with Crippen LogP contribution >= 0.6 is 0 Å². The smallest absolute Gasteiger partial charge is 0.0813 e. The van der Waals surface area contributed by atoms with Crippen molar-refractivity contribution in [1.82, 2.24) is 0 Å². The minimum atomic E-state index is 0.263. The quantitative estimate of drug-likeness (QED) is 0.615. The second-order valence-electron chi connectivity index (χ2n) is 5.06. The van der Waals surface area contributed by atoms with Crippen molar-refractivity contribution < 1.29 is 9.47 Å². The molecule has 0 N–H and O–H groups in total. The lowest BCUT2D eigenvalue weighted by Crippen LogP contribution is -2.40. The zero-order valence-electron chi connectivity index (χ0n) is 11.2. The SMILES string of the molecule is CCCCCCCCC1COC(C)C(C)O1. The van der Waals surface area contributed by atoms with Gasteiger partial charge in [-0.3, -0.25) is 0 Å². The van der Waals surface area contributed by atoms with Gasteiger partial charge in [-0.2, -0.15) is 0 Å². The Hall–Kier alpha value is -0.0800. The third kappa shape index (κ3) is 5.31. The molecule has 1 saturated heterocycles. The van der Waals surface area contributed by atoms with E-state index in [0.29, 0.717) is 6.10 Å². The third-order valence-electron chi connectivity index (χ3n) is 3.49. The van der Waals surface area contributed by atoms with Gasteiger partial charge in [0.15, 0.2) is 0 Å². The Labute approximate surface area is 101 Å². The van der Waals surface area contributed by atoms with E-state index in [-0.39, 0.29) is 12.2 Å². The van der Waals surface area contributed by atoms with E-state index in [4.69, 9.17) is 9.47 Å². The molecular formula is C14H28O2. The van der Waals surface area contributed by atoms with Gasteiger partial charge in [0.1, 0.15) is 0 Å². The van der Waals surface area contributed by atoms with Gasteiger partial charge in [0, 0.05) is 0 Å². The number of ether oxygens (including phenoxy) is 2. The second kappa shape index (κ2) is 8.08. The zero-order valence-corrected chi connectivity index (χ0v) is 11.2. The lowest BCUT2D eigenvalue weighted by atomic mass is 10.1. The highest BCUT2D eigenvalue weighted by Crippen LogP contribution is 2.18. The van der Waals surface area contributed by atoms with E-state index in [9.17, 15) is 0 Å². The van der Waals surface area contributed by atoms with Crippen LogP contribution in [0.15, 0.2) is 0 Å². The van der Waals surface area contributed by atoms with E-state index >= 15 is 0 Å². The molecule has 0 bridgehead atoms. The number of rotatable bonds is 7. The summed E-state index contributed by atoms with van der Waals surface area (Å²) in [4.78, 5) is 0. The predicted molar refractivity (Wildman–Crippen MR) is 67.7 cm³/mol. The normalized spacial score (nSPS) is 30.6. The fourth-order valence-electron chi connectivity index (χ4n) is 2.15. The molecule has 96 valence electrons. The van der Waals surface area contributed by atoms with Crippen molar-refractivity contribution in [3.63, 3.8) is 0 Å². The summed E-state index contributed by atoms with van der Waals surface area (Å²) in [6.07, 6.45) is 10.2. The van der Waals surface area contributed by atoms with Crippen molar-refractivity contribution in [1.29, 1.82) is 0 Å². The molecule has 0 aromatic carbocycles. The van der Waals surface area contributed by atoms with Crippen molar-refractivity contribution in [2.45, 2.75) is 84.0 Å². The summed E-state index contributed by atoms with van der Waals surface area (Å²) in [5.74, 6) is 0. The molecule has 16 heavy (non-hydrogen) atoms. The molecule has 1 fully saturated rings. The molecule has 2 heteroatoms. The van der Waals surface area contributed by atoms with E-state index in [1.54, 1.807) is 0 Å².